The maximum Gasteiger partial charge on any atom is 0.324 e. The van der Waals surface area contributed by atoms with E-state index in [0.717, 1.165) is 0 Å². The molecule has 0 unspecified atom stereocenters. The van der Waals surface area contributed by atoms with Gasteiger partial charge in [-0.3, -0.25) is 4.79 Å². The Bertz CT molecular complexity index is 612. The van der Waals surface area contributed by atoms with Crippen molar-refractivity contribution in [3.8, 4) is 5.75 Å². The van der Waals surface area contributed by atoms with Gasteiger partial charge in [0.15, 0.2) is 0 Å². The Morgan fingerprint density at radius 1 is 1.38 bits per heavy atom. The van der Waals surface area contributed by atoms with Gasteiger partial charge in [0.2, 0.25) is 10.0 Å². The molecule has 116 valence electrons. The maximum atomic E-state index is 12.1. The quantitative estimate of drug-likeness (QED) is 0.767. The zero-order valence-electron chi connectivity index (χ0n) is 11.6. The van der Waals surface area contributed by atoms with E-state index in [-0.39, 0.29) is 16.5 Å². The van der Waals surface area contributed by atoms with Gasteiger partial charge in [-0.25, -0.2) is 8.42 Å². The Morgan fingerprint density at radius 2 is 1.95 bits per heavy atom. The largest absolute Gasteiger partial charge is 0.497 e. The Hall–Kier alpha value is -1.57. The van der Waals surface area contributed by atoms with Crippen molar-refractivity contribution < 1.29 is 22.7 Å². The topological polar surface area (TPSA) is 81.7 Å². The van der Waals surface area contributed by atoms with Crippen molar-refractivity contribution in [3.63, 3.8) is 0 Å². The summed E-state index contributed by atoms with van der Waals surface area (Å²) in [7, 11) is -2.35. The smallest absolute Gasteiger partial charge is 0.324 e. The average molecular weight is 334 g/mol. The van der Waals surface area contributed by atoms with Crippen LogP contribution in [-0.2, 0) is 19.6 Å². The molecule has 1 aromatic carbocycles. The molecule has 0 saturated carbocycles. The standard InChI is InChI=1S/C13H16ClNO5S/c1-9(14)8-20-13(16)10(2)15-21(17,18)12-6-4-11(19-3)5-7-12/h4-7,10,15H,1,8H2,2-3H3/t10-/m0/s1. The highest BCUT2D eigenvalue weighted by Gasteiger charge is 2.23. The van der Waals surface area contributed by atoms with Gasteiger partial charge < -0.3 is 9.47 Å². The van der Waals surface area contributed by atoms with Crippen molar-refractivity contribution in [2.45, 2.75) is 17.9 Å². The molecule has 1 aromatic rings. The number of halogens is 1. The first-order valence-electron chi connectivity index (χ1n) is 5.92. The summed E-state index contributed by atoms with van der Waals surface area (Å²) in [4.78, 5) is 11.6. The Labute approximate surface area is 128 Å². The third-order valence-electron chi connectivity index (χ3n) is 2.43. The molecule has 0 saturated heterocycles. The molecule has 8 heteroatoms. The molecule has 1 rings (SSSR count). The Balaban J connectivity index is 2.74. The van der Waals surface area contributed by atoms with Crippen LogP contribution in [0.2, 0.25) is 0 Å². The maximum absolute atomic E-state index is 12.1. The molecule has 0 aliphatic heterocycles. The second-order valence-corrected chi connectivity index (χ2v) is 6.39. The molecule has 0 aliphatic carbocycles. The van der Waals surface area contributed by atoms with E-state index in [9.17, 15) is 13.2 Å². The number of methoxy groups -OCH3 is 1. The van der Waals surface area contributed by atoms with Crippen LogP contribution in [0.4, 0.5) is 0 Å². The normalized spacial score (nSPS) is 12.5. The molecular weight excluding hydrogens is 318 g/mol. The predicted octanol–water partition coefficient (Wildman–Crippen LogP) is 1.66. The van der Waals surface area contributed by atoms with E-state index in [0.29, 0.717) is 5.75 Å². The van der Waals surface area contributed by atoms with Crippen LogP contribution in [-0.4, -0.2) is 34.1 Å². The fraction of sp³-hybridized carbons (Fsp3) is 0.308. The van der Waals surface area contributed by atoms with Crippen molar-refractivity contribution in [2.75, 3.05) is 13.7 Å². The van der Waals surface area contributed by atoms with E-state index in [2.05, 4.69) is 11.3 Å². The van der Waals surface area contributed by atoms with E-state index in [1.807, 2.05) is 0 Å². The molecule has 0 heterocycles. The molecule has 0 spiro atoms. The number of ether oxygens (including phenoxy) is 2. The Kier molecular flexibility index (Phi) is 6.19. The fourth-order valence-corrected chi connectivity index (χ4v) is 2.62. The summed E-state index contributed by atoms with van der Waals surface area (Å²) < 4.78 is 36.1. The van der Waals surface area contributed by atoms with Crippen LogP contribution in [0.3, 0.4) is 0 Å². The minimum absolute atomic E-state index is 0.0182. The predicted molar refractivity (Wildman–Crippen MR) is 78.7 cm³/mol. The van der Waals surface area contributed by atoms with Crippen LogP contribution in [0.5, 0.6) is 5.75 Å². The molecule has 0 fully saturated rings. The van der Waals surface area contributed by atoms with E-state index < -0.39 is 22.0 Å². The van der Waals surface area contributed by atoms with Crippen LogP contribution < -0.4 is 9.46 Å². The van der Waals surface area contributed by atoms with E-state index in [1.165, 1.54) is 38.3 Å². The molecule has 21 heavy (non-hydrogen) atoms. The van der Waals surface area contributed by atoms with Gasteiger partial charge in [0, 0.05) is 5.03 Å². The van der Waals surface area contributed by atoms with Crippen LogP contribution in [0.25, 0.3) is 0 Å². The van der Waals surface area contributed by atoms with Crippen molar-refractivity contribution in [1.29, 1.82) is 0 Å². The van der Waals surface area contributed by atoms with Gasteiger partial charge in [-0.2, -0.15) is 4.72 Å². The summed E-state index contributed by atoms with van der Waals surface area (Å²) in [5.41, 5.74) is 0. The number of sulfonamides is 1. The highest BCUT2D eigenvalue weighted by Crippen LogP contribution is 2.15. The first-order valence-corrected chi connectivity index (χ1v) is 7.78. The van der Waals surface area contributed by atoms with E-state index in [1.54, 1.807) is 0 Å². The van der Waals surface area contributed by atoms with Gasteiger partial charge >= 0.3 is 5.97 Å². The van der Waals surface area contributed by atoms with Gasteiger partial charge in [-0.15, -0.1) is 0 Å². The molecule has 6 nitrogen and oxygen atoms in total. The van der Waals surface area contributed by atoms with Crippen LogP contribution in [0, 0.1) is 0 Å². The molecule has 1 atom stereocenters. The van der Waals surface area contributed by atoms with Crippen molar-refractivity contribution >= 4 is 27.6 Å². The van der Waals surface area contributed by atoms with Crippen molar-refractivity contribution in [1.82, 2.24) is 4.72 Å². The number of carbonyl (C=O) groups excluding carboxylic acids is 1. The van der Waals surface area contributed by atoms with Gasteiger partial charge in [0.05, 0.1) is 12.0 Å². The van der Waals surface area contributed by atoms with Crippen LogP contribution in [0.1, 0.15) is 6.92 Å². The van der Waals surface area contributed by atoms with Gasteiger partial charge in [-0.1, -0.05) is 18.2 Å². The van der Waals surface area contributed by atoms with Crippen LogP contribution >= 0.6 is 11.6 Å². The van der Waals surface area contributed by atoms with Crippen LogP contribution in [0.15, 0.2) is 40.8 Å². The summed E-state index contributed by atoms with van der Waals surface area (Å²) in [6.45, 7) is 4.57. The zero-order valence-corrected chi connectivity index (χ0v) is 13.2. The molecule has 0 aliphatic rings. The van der Waals surface area contributed by atoms with Gasteiger partial charge in [0.25, 0.3) is 0 Å². The minimum atomic E-state index is -3.83. The lowest BCUT2D eigenvalue weighted by molar-refractivity contribution is -0.144. The number of rotatable bonds is 7. The van der Waals surface area contributed by atoms with Crippen molar-refractivity contribution in [3.05, 3.63) is 35.9 Å². The fourth-order valence-electron chi connectivity index (χ4n) is 1.38. The molecule has 0 amide bonds. The first-order chi connectivity index (χ1) is 9.76. The van der Waals surface area contributed by atoms with E-state index in [4.69, 9.17) is 21.1 Å². The SMILES string of the molecule is C=C(Cl)COC(=O)[C@H](C)NS(=O)(=O)c1ccc(OC)cc1. The van der Waals surface area contributed by atoms with Gasteiger partial charge in [0.1, 0.15) is 18.4 Å². The third kappa shape index (κ3) is 5.37. The second-order valence-electron chi connectivity index (χ2n) is 4.14. The molecular formula is C13H16ClNO5S. The monoisotopic (exact) mass is 333 g/mol. The highest BCUT2D eigenvalue weighted by atomic mass is 35.5. The molecule has 0 bridgehead atoms. The minimum Gasteiger partial charge on any atom is -0.497 e. The Morgan fingerprint density at radius 3 is 2.43 bits per heavy atom. The number of hydrogen-bond donors (Lipinski definition) is 1. The second kappa shape index (κ2) is 7.44. The number of esters is 1. The summed E-state index contributed by atoms with van der Waals surface area (Å²) in [6, 6.07) is 4.72. The number of carbonyl (C=O) groups is 1. The highest BCUT2D eigenvalue weighted by molar-refractivity contribution is 7.89. The summed E-state index contributed by atoms with van der Waals surface area (Å²) in [5.74, 6) is -0.212. The van der Waals surface area contributed by atoms with E-state index >= 15 is 0 Å². The number of benzene rings is 1. The lowest BCUT2D eigenvalue weighted by Crippen LogP contribution is -2.39. The molecule has 1 N–H and O–H groups in total. The molecule has 0 aromatic heterocycles. The van der Waals surface area contributed by atoms with Crippen molar-refractivity contribution in [2.24, 2.45) is 0 Å². The number of nitrogens with one attached hydrogen (secondary N) is 1. The number of hydrogen-bond acceptors (Lipinski definition) is 5. The third-order valence-corrected chi connectivity index (χ3v) is 4.09. The lowest BCUT2D eigenvalue weighted by Gasteiger charge is -2.13. The summed E-state index contributed by atoms with van der Waals surface area (Å²) >= 11 is 5.46. The zero-order chi connectivity index (χ0) is 16.0. The lowest BCUT2D eigenvalue weighted by atomic mass is 10.3. The average Bonchev–Trinajstić information content (AvgIpc) is 2.44. The summed E-state index contributed by atoms with van der Waals surface area (Å²) in [6.07, 6.45) is 0. The van der Waals surface area contributed by atoms with Gasteiger partial charge in [-0.05, 0) is 31.2 Å². The first kappa shape index (κ1) is 17.5. The molecule has 0 radical (unpaired) electrons. The summed E-state index contributed by atoms with van der Waals surface area (Å²) in [5, 5.41) is 0.147.